The van der Waals surface area contributed by atoms with E-state index >= 15 is 0 Å². The van der Waals surface area contributed by atoms with Crippen LogP contribution in [0.25, 0.3) is 6.08 Å². The fraction of sp³-hybridized carbons (Fsp3) is 0.0800. The lowest BCUT2D eigenvalue weighted by Crippen LogP contribution is -2.54. The van der Waals surface area contributed by atoms with Crippen molar-refractivity contribution >= 4 is 84.7 Å². The third-order valence-corrected chi connectivity index (χ3v) is 6.79. The van der Waals surface area contributed by atoms with Crippen molar-refractivity contribution in [2.75, 3.05) is 12.0 Å². The normalized spacial score (nSPS) is 14.8. The maximum absolute atomic E-state index is 13.3. The number of ether oxygens (including phenoxy) is 2. The minimum absolute atomic E-state index is 0.100. The molecule has 184 valence electrons. The summed E-state index contributed by atoms with van der Waals surface area (Å²) in [5.41, 5.74) is 1.15. The zero-order valence-electron chi connectivity index (χ0n) is 18.5. The number of hydrogen-bond acceptors (Lipinski definition) is 5. The third kappa shape index (κ3) is 5.59. The first-order valence-electron chi connectivity index (χ1n) is 10.3. The molecule has 0 aliphatic carbocycles. The lowest BCUT2D eigenvalue weighted by molar-refractivity contribution is -0.122. The molecule has 0 atom stereocenters. The number of hydrogen-bond donors (Lipinski definition) is 1. The summed E-state index contributed by atoms with van der Waals surface area (Å²) < 4.78 is 12.4. The number of halogens is 4. The molecule has 1 saturated heterocycles. The SMILES string of the molecule is COc1ccc(N2C(=O)NC(=O)/C(=C\c3cc(Br)cc(Br)c3OCc3ccc(Cl)cc3Cl)C2=O)cc1. The van der Waals surface area contributed by atoms with Gasteiger partial charge in [-0.2, -0.15) is 0 Å². The standard InChI is InChI=1S/C25H16Br2Cl2N2O5/c1-35-18-6-4-17(5-7-18)31-24(33)19(23(32)30-25(31)34)9-14-8-15(26)10-20(27)22(14)36-12-13-2-3-16(28)11-21(13)29/h2-11H,12H2,1H3,(H,30,32,34)/b19-9+. The Morgan fingerprint density at radius 1 is 1.00 bits per heavy atom. The highest BCUT2D eigenvalue weighted by molar-refractivity contribution is 9.11. The van der Waals surface area contributed by atoms with E-state index in [4.69, 9.17) is 32.7 Å². The average molecular weight is 655 g/mol. The minimum Gasteiger partial charge on any atom is -0.497 e. The summed E-state index contributed by atoms with van der Waals surface area (Å²) in [7, 11) is 1.50. The molecule has 1 heterocycles. The van der Waals surface area contributed by atoms with Crippen LogP contribution in [0.2, 0.25) is 10.0 Å². The van der Waals surface area contributed by atoms with E-state index in [9.17, 15) is 14.4 Å². The largest absolute Gasteiger partial charge is 0.497 e. The molecule has 11 heteroatoms. The quantitative estimate of drug-likeness (QED) is 0.234. The van der Waals surface area contributed by atoms with Crippen LogP contribution in [0.15, 0.2) is 69.1 Å². The molecule has 0 bridgehead atoms. The van der Waals surface area contributed by atoms with Crippen molar-refractivity contribution in [1.82, 2.24) is 5.32 Å². The summed E-state index contributed by atoms with van der Waals surface area (Å²) >= 11 is 19.1. The van der Waals surface area contributed by atoms with Gasteiger partial charge in [0.2, 0.25) is 0 Å². The Bertz CT molecular complexity index is 1410. The molecule has 36 heavy (non-hydrogen) atoms. The van der Waals surface area contributed by atoms with Crippen LogP contribution in [-0.2, 0) is 16.2 Å². The summed E-state index contributed by atoms with van der Waals surface area (Å²) in [6.07, 6.45) is 1.37. The van der Waals surface area contributed by atoms with Gasteiger partial charge in [-0.3, -0.25) is 14.9 Å². The van der Waals surface area contributed by atoms with E-state index in [1.54, 1.807) is 54.6 Å². The van der Waals surface area contributed by atoms with Crippen LogP contribution in [-0.4, -0.2) is 25.0 Å². The van der Waals surface area contributed by atoms with Gasteiger partial charge < -0.3 is 9.47 Å². The van der Waals surface area contributed by atoms with Crippen molar-refractivity contribution in [3.8, 4) is 11.5 Å². The predicted molar refractivity (Wildman–Crippen MR) is 145 cm³/mol. The Morgan fingerprint density at radius 3 is 2.39 bits per heavy atom. The molecule has 1 aliphatic heterocycles. The van der Waals surface area contributed by atoms with E-state index in [0.29, 0.717) is 41.6 Å². The van der Waals surface area contributed by atoms with E-state index in [0.717, 1.165) is 4.90 Å². The highest BCUT2D eigenvalue weighted by Crippen LogP contribution is 2.36. The summed E-state index contributed by atoms with van der Waals surface area (Å²) in [6.45, 7) is 0.100. The summed E-state index contributed by atoms with van der Waals surface area (Å²) in [6, 6.07) is 13.9. The van der Waals surface area contributed by atoms with Gasteiger partial charge in [0.05, 0.1) is 17.3 Å². The van der Waals surface area contributed by atoms with Crippen LogP contribution in [0, 0.1) is 0 Å². The summed E-state index contributed by atoms with van der Waals surface area (Å²) in [5, 5.41) is 3.14. The van der Waals surface area contributed by atoms with E-state index in [-0.39, 0.29) is 17.9 Å². The van der Waals surface area contributed by atoms with Crippen molar-refractivity contribution in [2.45, 2.75) is 6.61 Å². The molecule has 1 N–H and O–H groups in total. The molecule has 1 fully saturated rings. The first kappa shape index (κ1) is 26.2. The Labute approximate surface area is 233 Å². The number of nitrogens with one attached hydrogen (secondary N) is 1. The number of carbonyl (C=O) groups is 3. The van der Waals surface area contributed by atoms with Gasteiger partial charge in [-0.1, -0.05) is 45.2 Å². The van der Waals surface area contributed by atoms with Crippen molar-refractivity contribution in [3.05, 3.63) is 90.3 Å². The lowest BCUT2D eigenvalue weighted by atomic mass is 10.1. The minimum atomic E-state index is -0.850. The van der Waals surface area contributed by atoms with Gasteiger partial charge in [0, 0.05) is 25.6 Å². The topological polar surface area (TPSA) is 84.9 Å². The smallest absolute Gasteiger partial charge is 0.335 e. The fourth-order valence-corrected chi connectivity index (χ4v) is 5.24. The number of nitrogens with zero attached hydrogens (tertiary/aromatic N) is 1. The van der Waals surface area contributed by atoms with Gasteiger partial charge in [-0.15, -0.1) is 0 Å². The molecule has 0 unspecified atom stereocenters. The van der Waals surface area contributed by atoms with Crippen molar-refractivity contribution in [1.29, 1.82) is 0 Å². The van der Waals surface area contributed by atoms with Crippen LogP contribution < -0.4 is 19.7 Å². The maximum atomic E-state index is 13.3. The van der Waals surface area contributed by atoms with Gasteiger partial charge in [0.15, 0.2) is 0 Å². The first-order chi connectivity index (χ1) is 17.2. The van der Waals surface area contributed by atoms with Crippen LogP contribution in [0.5, 0.6) is 11.5 Å². The Kier molecular flexibility index (Phi) is 8.04. The van der Waals surface area contributed by atoms with Gasteiger partial charge >= 0.3 is 6.03 Å². The number of amides is 4. The molecule has 4 amide bonds. The predicted octanol–water partition coefficient (Wildman–Crippen LogP) is 6.77. The second-order valence-electron chi connectivity index (χ2n) is 7.49. The van der Waals surface area contributed by atoms with Crippen LogP contribution in [0.4, 0.5) is 10.5 Å². The van der Waals surface area contributed by atoms with E-state index in [2.05, 4.69) is 37.2 Å². The second kappa shape index (κ2) is 11.0. The van der Waals surface area contributed by atoms with E-state index < -0.39 is 17.8 Å². The highest BCUT2D eigenvalue weighted by Gasteiger charge is 2.37. The van der Waals surface area contributed by atoms with Crippen molar-refractivity contribution in [3.63, 3.8) is 0 Å². The molecule has 7 nitrogen and oxygen atoms in total. The van der Waals surface area contributed by atoms with Crippen molar-refractivity contribution < 1.29 is 23.9 Å². The number of barbiturate groups is 1. The molecule has 3 aromatic carbocycles. The maximum Gasteiger partial charge on any atom is 0.335 e. The van der Waals surface area contributed by atoms with Gasteiger partial charge in [-0.25, -0.2) is 9.69 Å². The molecule has 0 spiro atoms. The van der Waals surface area contributed by atoms with Gasteiger partial charge in [0.1, 0.15) is 23.7 Å². The molecule has 0 aromatic heterocycles. The van der Waals surface area contributed by atoms with Crippen molar-refractivity contribution in [2.24, 2.45) is 0 Å². The number of benzene rings is 3. The Hall–Kier alpha value is -2.85. The zero-order chi connectivity index (χ0) is 26.0. The molecular formula is C25H16Br2Cl2N2O5. The molecular weight excluding hydrogens is 639 g/mol. The summed E-state index contributed by atoms with van der Waals surface area (Å²) in [4.78, 5) is 39.4. The number of urea groups is 1. The fourth-order valence-electron chi connectivity index (χ4n) is 3.41. The second-order valence-corrected chi connectivity index (χ2v) is 10.1. The molecule has 0 saturated carbocycles. The number of rotatable bonds is 6. The number of anilines is 1. The van der Waals surface area contributed by atoms with Crippen LogP contribution >= 0.6 is 55.1 Å². The molecule has 3 aromatic rings. The first-order valence-corrected chi connectivity index (χ1v) is 12.6. The number of carbonyl (C=O) groups excluding carboxylic acids is 3. The molecule has 4 rings (SSSR count). The monoisotopic (exact) mass is 652 g/mol. The van der Waals surface area contributed by atoms with Gasteiger partial charge in [-0.05, 0) is 70.5 Å². The zero-order valence-corrected chi connectivity index (χ0v) is 23.2. The highest BCUT2D eigenvalue weighted by atomic mass is 79.9. The third-order valence-electron chi connectivity index (χ3n) is 5.16. The Morgan fingerprint density at radius 2 is 1.72 bits per heavy atom. The number of imide groups is 2. The van der Waals surface area contributed by atoms with Crippen LogP contribution in [0.3, 0.4) is 0 Å². The summed E-state index contributed by atoms with van der Waals surface area (Å²) in [5.74, 6) is -0.684. The number of methoxy groups -OCH3 is 1. The van der Waals surface area contributed by atoms with Crippen LogP contribution in [0.1, 0.15) is 11.1 Å². The lowest BCUT2D eigenvalue weighted by Gasteiger charge is -2.26. The van der Waals surface area contributed by atoms with Gasteiger partial charge in [0.25, 0.3) is 11.8 Å². The Balaban J connectivity index is 1.70. The van der Waals surface area contributed by atoms with E-state index in [1.807, 2.05) is 0 Å². The molecule has 0 radical (unpaired) electrons. The van der Waals surface area contributed by atoms with E-state index in [1.165, 1.54) is 13.2 Å². The average Bonchev–Trinajstić information content (AvgIpc) is 2.82. The molecule has 1 aliphatic rings.